The average Bonchev–Trinajstić information content (AvgIpc) is 3.12. The molecule has 0 aliphatic heterocycles. The minimum Gasteiger partial charge on any atom is -0.494 e. The van der Waals surface area contributed by atoms with Gasteiger partial charge in [-0.15, -0.1) is 0 Å². The maximum absolute atomic E-state index is 12.1. The summed E-state index contributed by atoms with van der Waals surface area (Å²) in [4.78, 5) is 16.5. The summed E-state index contributed by atoms with van der Waals surface area (Å²) < 4.78 is 10.7. The zero-order valence-corrected chi connectivity index (χ0v) is 15.9. The third kappa shape index (κ3) is 5.08. The first-order chi connectivity index (χ1) is 13.0. The van der Waals surface area contributed by atoms with Crippen LogP contribution in [0.3, 0.4) is 0 Å². The minimum atomic E-state index is -0.165. The Hall–Kier alpha value is -2.86. The molecule has 2 aromatic carbocycles. The van der Waals surface area contributed by atoms with Gasteiger partial charge in [0.15, 0.2) is 0 Å². The maximum atomic E-state index is 12.1. The fourth-order valence-corrected chi connectivity index (χ4v) is 2.78. The highest BCUT2D eigenvalue weighted by atomic mass is 35.5. The number of nitrogens with one attached hydrogen (secondary N) is 1. The van der Waals surface area contributed by atoms with E-state index in [0.717, 1.165) is 16.9 Å². The molecule has 0 saturated carbocycles. The van der Waals surface area contributed by atoms with Gasteiger partial charge < -0.3 is 14.6 Å². The van der Waals surface area contributed by atoms with E-state index < -0.39 is 0 Å². The van der Waals surface area contributed by atoms with E-state index in [0.29, 0.717) is 35.5 Å². The highest BCUT2D eigenvalue weighted by molar-refractivity contribution is 6.33. The zero-order chi connectivity index (χ0) is 19.2. The number of carbonyl (C=O) groups excluding carboxylic acids is 1. The molecule has 27 heavy (non-hydrogen) atoms. The molecule has 0 aliphatic rings. The number of anilines is 1. The predicted molar refractivity (Wildman–Crippen MR) is 104 cm³/mol. The summed E-state index contributed by atoms with van der Waals surface area (Å²) in [6, 6.07) is 12.9. The van der Waals surface area contributed by atoms with E-state index in [1.807, 2.05) is 44.2 Å². The number of nitrogens with zero attached hydrogens (tertiary/aromatic N) is 2. The van der Waals surface area contributed by atoms with Crippen molar-refractivity contribution in [2.24, 2.45) is 0 Å². The van der Waals surface area contributed by atoms with Gasteiger partial charge in [-0.25, -0.2) is 0 Å². The Morgan fingerprint density at radius 1 is 1.22 bits per heavy atom. The van der Waals surface area contributed by atoms with Crippen molar-refractivity contribution >= 4 is 23.2 Å². The molecule has 3 aromatic rings. The molecule has 0 radical (unpaired) electrons. The second-order valence-electron chi connectivity index (χ2n) is 6.00. The molecule has 0 unspecified atom stereocenters. The lowest BCUT2D eigenvalue weighted by atomic mass is 10.2. The van der Waals surface area contributed by atoms with Gasteiger partial charge in [0.25, 0.3) is 0 Å². The summed E-state index contributed by atoms with van der Waals surface area (Å²) in [6.07, 6.45) is 0.564. The molecular formula is C20H20ClN3O3. The highest BCUT2D eigenvalue weighted by Crippen LogP contribution is 2.23. The van der Waals surface area contributed by atoms with Gasteiger partial charge >= 0.3 is 0 Å². The lowest BCUT2D eigenvalue weighted by Crippen LogP contribution is -2.12. The first-order valence-electron chi connectivity index (χ1n) is 8.67. The van der Waals surface area contributed by atoms with Gasteiger partial charge in [0.05, 0.1) is 17.3 Å². The number of halogens is 1. The van der Waals surface area contributed by atoms with Crippen molar-refractivity contribution in [3.63, 3.8) is 0 Å². The van der Waals surface area contributed by atoms with Crippen LogP contribution in [0.5, 0.6) is 5.75 Å². The SMILES string of the molecule is CCOc1ccc(-c2noc(CCC(=O)Nc3ccc(C)cc3Cl)n2)cc1. The lowest BCUT2D eigenvalue weighted by Gasteiger charge is -2.07. The monoisotopic (exact) mass is 385 g/mol. The second kappa shape index (κ2) is 8.68. The molecule has 1 amide bonds. The Balaban J connectivity index is 1.56. The second-order valence-corrected chi connectivity index (χ2v) is 6.41. The van der Waals surface area contributed by atoms with Crippen LogP contribution >= 0.6 is 11.6 Å². The number of benzene rings is 2. The molecular weight excluding hydrogens is 366 g/mol. The van der Waals surface area contributed by atoms with Gasteiger partial charge in [-0.1, -0.05) is 22.8 Å². The van der Waals surface area contributed by atoms with E-state index in [1.165, 1.54) is 0 Å². The number of ether oxygens (including phenoxy) is 1. The Labute approximate surface area is 162 Å². The number of aromatic nitrogens is 2. The molecule has 140 valence electrons. The summed E-state index contributed by atoms with van der Waals surface area (Å²) in [6.45, 7) is 4.49. The largest absolute Gasteiger partial charge is 0.494 e. The third-order valence-electron chi connectivity index (χ3n) is 3.86. The topological polar surface area (TPSA) is 77.2 Å². The van der Waals surface area contributed by atoms with E-state index in [4.69, 9.17) is 20.9 Å². The average molecular weight is 386 g/mol. The lowest BCUT2D eigenvalue weighted by molar-refractivity contribution is -0.116. The molecule has 1 heterocycles. The molecule has 0 atom stereocenters. The van der Waals surface area contributed by atoms with Crippen LogP contribution in [0, 0.1) is 6.92 Å². The van der Waals surface area contributed by atoms with Crippen LogP contribution in [0.1, 0.15) is 24.8 Å². The molecule has 3 rings (SSSR count). The molecule has 0 saturated heterocycles. The Morgan fingerprint density at radius 3 is 2.70 bits per heavy atom. The predicted octanol–water partition coefficient (Wildman–Crippen LogP) is 4.67. The summed E-state index contributed by atoms with van der Waals surface area (Å²) in [5, 5.41) is 7.27. The highest BCUT2D eigenvalue weighted by Gasteiger charge is 2.12. The van der Waals surface area contributed by atoms with Gasteiger partial charge in [0, 0.05) is 18.4 Å². The van der Waals surface area contributed by atoms with E-state index in [2.05, 4.69) is 15.5 Å². The van der Waals surface area contributed by atoms with Crippen LogP contribution in [0.4, 0.5) is 5.69 Å². The zero-order valence-electron chi connectivity index (χ0n) is 15.2. The van der Waals surface area contributed by atoms with Crippen LogP contribution in [0.25, 0.3) is 11.4 Å². The van der Waals surface area contributed by atoms with Gasteiger partial charge in [-0.05, 0) is 55.8 Å². The van der Waals surface area contributed by atoms with Crippen LogP contribution < -0.4 is 10.1 Å². The molecule has 0 aliphatic carbocycles. The van der Waals surface area contributed by atoms with E-state index in [-0.39, 0.29) is 12.3 Å². The van der Waals surface area contributed by atoms with Crippen molar-refractivity contribution < 1.29 is 14.1 Å². The summed E-state index contributed by atoms with van der Waals surface area (Å²) in [5.41, 5.74) is 2.45. The summed E-state index contributed by atoms with van der Waals surface area (Å²) in [5.74, 6) is 1.51. The van der Waals surface area contributed by atoms with Gasteiger partial charge in [0.1, 0.15) is 5.75 Å². The van der Waals surface area contributed by atoms with Crippen LogP contribution in [-0.4, -0.2) is 22.7 Å². The third-order valence-corrected chi connectivity index (χ3v) is 4.17. The molecule has 1 N–H and O–H groups in total. The van der Waals surface area contributed by atoms with Crippen LogP contribution in [0.15, 0.2) is 47.0 Å². The number of hydrogen-bond donors (Lipinski definition) is 1. The van der Waals surface area contributed by atoms with Gasteiger partial charge in [-0.3, -0.25) is 4.79 Å². The van der Waals surface area contributed by atoms with Crippen molar-refractivity contribution in [3.8, 4) is 17.1 Å². The number of carbonyl (C=O) groups is 1. The molecule has 7 heteroatoms. The molecule has 0 bridgehead atoms. The van der Waals surface area contributed by atoms with E-state index in [9.17, 15) is 4.79 Å². The smallest absolute Gasteiger partial charge is 0.227 e. The Morgan fingerprint density at radius 2 is 2.00 bits per heavy atom. The normalized spacial score (nSPS) is 10.6. The van der Waals surface area contributed by atoms with Crippen molar-refractivity contribution in [3.05, 3.63) is 58.9 Å². The fourth-order valence-electron chi connectivity index (χ4n) is 2.50. The van der Waals surface area contributed by atoms with Gasteiger partial charge in [-0.2, -0.15) is 4.98 Å². The Bertz CT molecular complexity index is 922. The van der Waals surface area contributed by atoms with Crippen molar-refractivity contribution in [2.75, 3.05) is 11.9 Å². The van der Waals surface area contributed by atoms with Gasteiger partial charge in [0.2, 0.25) is 17.6 Å². The van der Waals surface area contributed by atoms with Crippen molar-refractivity contribution in [2.45, 2.75) is 26.7 Å². The first-order valence-corrected chi connectivity index (χ1v) is 9.05. The van der Waals surface area contributed by atoms with E-state index >= 15 is 0 Å². The summed E-state index contributed by atoms with van der Waals surface area (Å²) >= 11 is 6.13. The van der Waals surface area contributed by atoms with Crippen LogP contribution in [-0.2, 0) is 11.2 Å². The number of hydrogen-bond acceptors (Lipinski definition) is 5. The van der Waals surface area contributed by atoms with Crippen molar-refractivity contribution in [1.82, 2.24) is 10.1 Å². The minimum absolute atomic E-state index is 0.165. The van der Waals surface area contributed by atoms with Crippen molar-refractivity contribution in [1.29, 1.82) is 0 Å². The summed E-state index contributed by atoms with van der Waals surface area (Å²) in [7, 11) is 0. The molecule has 0 fully saturated rings. The fraction of sp³-hybridized carbons (Fsp3) is 0.250. The maximum Gasteiger partial charge on any atom is 0.227 e. The van der Waals surface area contributed by atoms with Crippen LogP contribution in [0.2, 0.25) is 5.02 Å². The number of rotatable bonds is 7. The quantitative estimate of drug-likeness (QED) is 0.639. The van der Waals surface area contributed by atoms with E-state index in [1.54, 1.807) is 12.1 Å². The molecule has 0 spiro atoms. The number of amides is 1. The molecule has 1 aromatic heterocycles. The standard InChI is InChI=1S/C20H20ClN3O3/c1-3-26-15-7-5-14(6-8-15)20-23-19(27-24-20)11-10-18(25)22-17-9-4-13(2)12-16(17)21/h4-9,12H,3,10-11H2,1-2H3,(H,22,25). The molecule has 6 nitrogen and oxygen atoms in total. The Kier molecular flexibility index (Phi) is 6.08. The number of aryl methyl sites for hydroxylation is 2. The first kappa shape index (κ1) is 18.9.